The molecule has 0 aliphatic carbocycles. The Kier molecular flexibility index (Phi) is 16.0. The van der Waals surface area contributed by atoms with Gasteiger partial charge >= 0.3 is 0 Å². The summed E-state index contributed by atoms with van der Waals surface area (Å²) in [4.78, 5) is 0. The smallest absolute Gasteiger partial charge is 0.143 e. The maximum absolute atomic E-state index is 10.4. The van der Waals surface area contributed by atoms with Gasteiger partial charge in [-0.25, -0.2) is 0 Å². The minimum absolute atomic E-state index is 0.147. The Labute approximate surface area is 331 Å². The molecule has 0 spiro atoms. The molecule has 6 aromatic rings. The van der Waals surface area contributed by atoms with Crippen LogP contribution in [0.1, 0.15) is 33.4 Å². The van der Waals surface area contributed by atoms with E-state index in [2.05, 4.69) is 72.8 Å². The summed E-state index contributed by atoms with van der Waals surface area (Å²) in [6.07, 6.45) is -0.756. The second kappa shape index (κ2) is 22.0. The van der Waals surface area contributed by atoms with E-state index in [0.717, 1.165) is 33.4 Å². The highest BCUT2D eigenvalue weighted by Crippen LogP contribution is 2.41. The van der Waals surface area contributed by atoms with E-state index in [0.29, 0.717) is 52.9 Å². The molecule has 0 unspecified atom stereocenters. The molecule has 0 radical (unpaired) electrons. The van der Waals surface area contributed by atoms with Gasteiger partial charge in [0.2, 0.25) is 0 Å². The van der Waals surface area contributed by atoms with Crippen molar-refractivity contribution < 1.29 is 33.5 Å². The molecule has 0 fully saturated rings. The Hall–Kier alpha value is -4.96. The summed E-state index contributed by atoms with van der Waals surface area (Å²) in [5.41, 5.74) is 4.71. The second-order valence-electron chi connectivity index (χ2n) is 13.3. The van der Waals surface area contributed by atoms with E-state index in [1.807, 2.05) is 109 Å². The number of hydrogen-bond donors (Lipinski definition) is 1. The molecule has 6 aromatic carbocycles. The van der Waals surface area contributed by atoms with Crippen molar-refractivity contribution in [3.63, 3.8) is 0 Å². The van der Waals surface area contributed by atoms with Crippen LogP contribution in [0.25, 0.3) is 0 Å². The van der Waals surface area contributed by atoms with E-state index in [1.165, 1.54) is 0 Å². The fourth-order valence-corrected chi connectivity index (χ4v) is 6.97. The van der Waals surface area contributed by atoms with Crippen LogP contribution in [-0.2, 0) is 39.6 Å². The predicted octanol–water partition coefficient (Wildman–Crippen LogP) is 8.43. The molecule has 0 aliphatic rings. The van der Waals surface area contributed by atoms with Crippen LogP contribution in [-0.4, -0.2) is 77.3 Å². The maximum Gasteiger partial charge on any atom is 0.143 e. The van der Waals surface area contributed by atoms with Gasteiger partial charge in [0.05, 0.1) is 66.1 Å². The minimum atomic E-state index is -0.786. The highest BCUT2D eigenvalue weighted by Gasteiger charge is 2.38. The average Bonchev–Trinajstić information content (AvgIpc) is 3.27. The van der Waals surface area contributed by atoms with Crippen LogP contribution >= 0.6 is 0 Å². The molecular weight excluding hydrogens is 701 g/mol. The summed E-state index contributed by atoms with van der Waals surface area (Å²) >= 11 is 0. The molecular formula is C49H52O7. The van der Waals surface area contributed by atoms with Gasteiger partial charge in [0.1, 0.15) is 17.3 Å². The third-order valence-corrected chi connectivity index (χ3v) is 9.54. The Morgan fingerprint density at radius 2 is 0.518 bits per heavy atom. The molecule has 0 atom stereocenters. The fraction of sp³-hybridized carbons (Fsp3) is 0.265. The fourth-order valence-electron chi connectivity index (χ4n) is 6.97. The van der Waals surface area contributed by atoms with E-state index >= 15 is 0 Å². The lowest BCUT2D eigenvalue weighted by molar-refractivity contribution is -0.0584. The molecule has 0 aromatic heterocycles. The van der Waals surface area contributed by atoms with Crippen LogP contribution in [0, 0.1) is 0 Å². The van der Waals surface area contributed by atoms with E-state index in [4.69, 9.17) is 28.4 Å². The van der Waals surface area contributed by atoms with E-state index < -0.39 is 17.3 Å². The van der Waals surface area contributed by atoms with Crippen molar-refractivity contribution in [1.82, 2.24) is 0 Å². The molecule has 7 nitrogen and oxygen atoms in total. The van der Waals surface area contributed by atoms with Gasteiger partial charge in [0, 0.05) is 0 Å². The van der Waals surface area contributed by atoms with Crippen LogP contribution in [0.15, 0.2) is 182 Å². The van der Waals surface area contributed by atoms with Gasteiger partial charge in [-0.15, -0.1) is 0 Å². The molecule has 6 rings (SSSR count). The minimum Gasteiger partial charge on any atom is -0.388 e. The number of aliphatic hydroxyl groups is 1. The number of ether oxygens (including phenoxy) is 6. The molecule has 0 bridgehead atoms. The molecule has 56 heavy (non-hydrogen) atoms. The zero-order valence-corrected chi connectivity index (χ0v) is 31.9. The quantitative estimate of drug-likeness (QED) is 0.0492. The normalized spacial score (nSPS) is 11.9. The molecule has 0 saturated heterocycles. The van der Waals surface area contributed by atoms with Gasteiger partial charge in [0.15, 0.2) is 0 Å². The van der Waals surface area contributed by atoms with Crippen molar-refractivity contribution in [2.24, 2.45) is 0 Å². The number of hydrogen-bond acceptors (Lipinski definition) is 7. The van der Waals surface area contributed by atoms with Gasteiger partial charge in [0.25, 0.3) is 0 Å². The molecule has 0 aliphatic heterocycles. The lowest BCUT2D eigenvalue weighted by atomic mass is 9.80. The van der Waals surface area contributed by atoms with Crippen molar-refractivity contribution in [2.75, 3.05) is 66.1 Å². The Balaban J connectivity index is 0.876. The summed E-state index contributed by atoms with van der Waals surface area (Å²) in [6, 6.07) is 61.7. The van der Waals surface area contributed by atoms with Crippen LogP contribution in [0.3, 0.4) is 0 Å². The SMILES string of the molecule is OC(COCCOCCOC(c1ccccc1)(c1ccccc1)c1ccccc1)COCCOCCOC(c1ccccc1)(c1ccccc1)c1ccccc1. The van der Waals surface area contributed by atoms with Gasteiger partial charge in [-0.3, -0.25) is 0 Å². The largest absolute Gasteiger partial charge is 0.388 e. The monoisotopic (exact) mass is 752 g/mol. The van der Waals surface area contributed by atoms with Crippen molar-refractivity contribution in [3.8, 4) is 0 Å². The zero-order chi connectivity index (χ0) is 38.6. The summed E-state index contributed by atoms with van der Waals surface area (Å²) in [6.45, 7) is 3.26. The Morgan fingerprint density at radius 3 is 0.768 bits per heavy atom. The Morgan fingerprint density at radius 1 is 0.304 bits per heavy atom. The Bertz CT molecular complexity index is 1580. The highest BCUT2D eigenvalue weighted by molar-refractivity contribution is 5.48. The average molecular weight is 753 g/mol. The van der Waals surface area contributed by atoms with E-state index in [-0.39, 0.29) is 13.2 Å². The predicted molar refractivity (Wildman–Crippen MR) is 220 cm³/mol. The van der Waals surface area contributed by atoms with Crippen LogP contribution in [0.2, 0.25) is 0 Å². The van der Waals surface area contributed by atoms with Crippen LogP contribution in [0.4, 0.5) is 0 Å². The van der Waals surface area contributed by atoms with Crippen LogP contribution in [0.5, 0.6) is 0 Å². The molecule has 7 heteroatoms. The number of rotatable bonds is 24. The number of aliphatic hydroxyl groups excluding tert-OH is 1. The van der Waals surface area contributed by atoms with Gasteiger partial charge in [-0.1, -0.05) is 182 Å². The third kappa shape index (κ3) is 10.7. The molecule has 0 saturated carbocycles. The summed E-state index contributed by atoms with van der Waals surface area (Å²) in [5, 5.41) is 10.4. The highest BCUT2D eigenvalue weighted by atomic mass is 16.6. The first kappa shape index (κ1) is 40.7. The van der Waals surface area contributed by atoms with Crippen molar-refractivity contribution in [3.05, 3.63) is 215 Å². The zero-order valence-electron chi connectivity index (χ0n) is 31.9. The molecule has 0 amide bonds. The standard InChI is InChI=1S/C49H52O7/c50-47(39-53-33-31-51-35-37-55-48(41-19-7-1-8-20-41,42-21-9-2-10-22-42)43-23-11-3-12-24-43)40-54-34-32-52-36-38-56-49(44-25-13-4-14-26-44,45-27-15-5-16-28-45)46-29-17-6-18-30-46/h1-30,47,50H,31-40H2. The number of benzene rings is 6. The summed E-state index contributed by atoms with van der Waals surface area (Å²) < 4.78 is 36.6. The summed E-state index contributed by atoms with van der Waals surface area (Å²) in [5.74, 6) is 0. The second-order valence-corrected chi connectivity index (χ2v) is 13.3. The first-order valence-corrected chi connectivity index (χ1v) is 19.3. The van der Waals surface area contributed by atoms with Crippen molar-refractivity contribution in [1.29, 1.82) is 0 Å². The lowest BCUT2D eigenvalue weighted by Crippen LogP contribution is -2.34. The first-order chi connectivity index (χ1) is 27.7. The first-order valence-electron chi connectivity index (χ1n) is 19.3. The summed E-state index contributed by atoms with van der Waals surface area (Å²) in [7, 11) is 0. The van der Waals surface area contributed by atoms with E-state index in [9.17, 15) is 5.11 Å². The van der Waals surface area contributed by atoms with Gasteiger partial charge in [-0.05, 0) is 33.4 Å². The van der Waals surface area contributed by atoms with Gasteiger partial charge < -0.3 is 33.5 Å². The van der Waals surface area contributed by atoms with Crippen molar-refractivity contribution in [2.45, 2.75) is 17.3 Å². The third-order valence-electron chi connectivity index (χ3n) is 9.54. The van der Waals surface area contributed by atoms with E-state index in [1.54, 1.807) is 0 Å². The molecule has 290 valence electrons. The lowest BCUT2D eigenvalue weighted by Gasteiger charge is -2.36. The molecule has 1 N–H and O–H groups in total. The molecule has 0 heterocycles. The topological polar surface area (TPSA) is 75.6 Å². The van der Waals surface area contributed by atoms with Crippen molar-refractivity contribution >= 4 is 0 Å². The van der Waals surface area contributed by atoms with Crippen LogP contribution < -0.4 is 0 Å². The maximum atomic E-state index is 10.4. The van der Waals surface area contributed by atoms with Gasteiger partial charge in [-0.2, -0.15) is 0 Å².